The van der Waals surface area contributed by atoms with Gasteiger partial charge in [-0.3, -0.25) is 4.90 Å². The predicted octanol–water partition coefficient (Wildman–Crippen LogP) is 1.10. The van der Waals surface area contributed by atoms with Crippen LogP contribution in [0.5, 0.6) is 0 Å². The van der Waals surface area contributed by atoms with Crippen LogP contribution >= 0.6 is 0 Å². The van der Waals surface area contributed by atoms with Gasteiger partial charge in [-0.2, -0.15) is 0 Å². The molecule has 0 radical (unpaired) electrons. The van der Waals surface area contributed by atoms with Crippen molar-refractivity contribution in [3.63, 3.8) is 0 Å². The van der Waals surface area contributed by atoms with E-state index in [1.807, 2.05) is 0 Å². The lowest BCUT2D eigenvalue weighted by atomic mass is 9.95. The number of nitrogens with zero attached hydrogens (tertiary/aromatic N) is 1. The second-order valence-corrected chi connectivity index (χ2v) is 5.69. The van der Waals surface area contributed by atoms with Crippen molar-refractivity contribution in [2.75, 3.05) is 39.4 Å². The monoisotopic (exact) mass is 224 g/mol. The van der Waals surface area contributed by atoms with Crippen molar-refractivity contribution in [3.05, 3.63) is 0 Å². The molecule has 1 saturated heterocycles. The Morgan fingerprint density at radius 3 is 2.69 bits per heavy atom. The molecule has 0 aromatic heterocycles. The number of hydrogen-bond acceptors (Lipinski definition) is 3. The summed E-state index contributed by atoms with van der Waals surface area (Å²) in [5, 5.41) is 3.78. The Balaban J connectivity index is 1.34. The third-order valence-electron chi connectivity index (χ3n) is 4.68. The molecule has 3 nitrogen and oxygen atoms in total. The molecule has 3 rings (SSSR count). The zero-order valence-corrected chi connectivity index (χ0v) is 10.2. The van der Waals surface area contributed by atoms with Gasteiger partial charge in [0.2, 0.25) is 0 Å². The van der Waals surface area contributed by atoms with Gasteiger partial charge in [-0.05, 0) is 31.1 Å². The largest absolute Gasteiger partial charge is 0.379 e. The average molecular weight is 224 g/mol. The predicted molar refractivity (Wildman–Crippen MR) is 64.5 cm³/mol. The molecule has 1 aliphatic heterocycles. The standard InChI is InChI=1S/C13H24N2O/c1-2-12-9-11(1)10-13(12)14-3-4-15-5-7-16-8-6-15/h11-14H,1-10H2. The van der Waals surface area contributed by atoms with Crippen LogP contribution in [0.25, 0.3) is 0 Å². The average Bonchev–Trinajstić information content (AvgIpc) is 2.92. The van der Waals surface area contributed by atoms with Gasteiger partial charge in [0.15, 0.2) is 0 Å². The van der Waals surface area contributed by atoms with E-state index in [1.165, 1.54) is 38.8 Å². The summed E-state index contributed by atoms with van der Waals surface area (Å²) in [6.07, 6.45) is 5.95. The summed E-state index contributed by atoms with van der Waals surface area (Å²) < 4.78 is 5.36. The van der Waals surface area contributed by atoms with Crippen LogP contribution in [0, 0.1) is 11.8 Å². The summed E-state index contributed by atoms with van der Waals surface area (Å²) in [7, 11) is 0. The van der Waals surface area contributed by atoms with Crippen molar-refractivity contribution in [2.24, 2.45) is 11.8 Å². The minimum Gasteiger partial charge on any atom is -0.379 e. The van der Waals surface area contributed by atoms with Gasteiger partial charge in [-0.1, -0.05) is 6.42 Å². The molecule has 92 valence electrons. The van der Waals surface area contributed by atoms with Gasteiger partial charge in [0, 0.05) is 32.2 Å². The molecular weight excluding hydrogens is 200 g/mol. The summed E-state index contributed by atoms with van der Waals surface area (Å²) in [6, 6.07) is 0.847. The van der Waals surface area contributed by atoms with Crippen molar-refractivity contribution < 1.29 is 4.74 Å². The maximum absolute atomic E-state index is 5.36. The molecule has 3 fully saturated rings. The zero-order chi connectivity index (χ0) is 10.8. The van der Waals surface area contributed by atoms with Crippen molar-refractivity contribution in [1.29, 1.82) is 0 Å². The van der Waals surface area contributed by atoms with Crippen molar-refractivity contribution in [3.8, 4) is 0 Å². The highest BCUT2D eigenvalue weighted by molar-refractivity contribution is 4.94. The number of morpholine rings is 1. The van der Waals surface area contributed by atoms with E-state index in [9.17, 15) is 0 Å². The van der Waals surface area contributed by atoms with E-state index in [2.05, 4.69) is 10.2 Å². The fourth-order valence-corrected chi connectivity index (χ4v) is 3.73. The van der Waals surface area contributed by atoms with Crippen LogP contribution in [-0.2, 0) is 4.74 Å². The molecule has 1 heterocycles. The van der Waals surface area contributed by atoms with Crippen LogP contribution in [0.3, 0.4) is 0 Å². The Morgan fingerprint density at radius 1 is 1.12 bits per heavy atom. The van der Waals surface area contributed by atoms with Crippen LogP contribution in [0.1, 0.15) is 25.7 Å². The maximum Gasteiger partial charge on any atom is 0.0594 e. The molecule has 3 atom stereocenters. The van der Waals surface area contributed by atoms with Crippen LogP contribution < -0.4 is 5.32 Å². The van der Waals surface area contributed by atoms with Gasteiger partial charge in [-0.25, -0.2) is 0 Å². The van der Waals surface area contributed by atoms with Crippen LogP contribution in [0.4, 0.5) is 0 Å². The molecule has 2 saturated carbocycles. The Bertz CT molecular complexity index is 228. The van der Waals surface area contributed by atoms with Gasteiger partial charge in [-0.15, -0.1) is 0 Å². The first-order valence-electron chi connectivity index (χ1n) is 6.95. The fraction of sp³-hybridized carbons (Fsp3) is 1.00. The van der Waals surface area contributed by atoms with E-state index in [4.69, 9.17) is 4.74 Å². The molecule has 0 aromatic rings. The lowest BCUT2D eigenvalue weighted by Crippen LogP contribution is -2.43. The summed E-state index contributed by atoms with van der Waals surface area (Å²) in [5.74, 6) is 2.07. The molecule has 2 bridgehead atoms. The van der Waals surface area contributed by atoms with Crippen molar-refractivity contribution in [1.82, 2.24) is 10.2 Å². The molecule has 1 N–H and O–H groups in total. The smallest absolute Gasteiger partial charge is 0.0594 e. The molecule has 0 spiro atoms. The number of nitrogens with one attached hydrogen (secondary N) is 1. The highest BCUT2D eigenvalue weighted by Crippen LogP contribution is 2.44. The first kappa shape index (κ1) is 11.0. The summed E-state index contributed by atoms with van der Waals surface area (Å²) in [6.45, 7) is 6.48. The molecular formula is C13H24N2O. The molecule has 3 heteroatoms. The normalized spacial score (nSPS) is 39.4. The number of rotatable bonds is 4. The maximum atomic E-state index is 5.36. The highest BCUT2D eigenvalue weighted by Gasteiger charge is 2.38. The third-order valence-corrected chi connectivity index (χ3v) is 4.68. The number of ether oxygens (including phenoxy) is 1. The van der Waals surface area contributed by atoms with Crippen LogP contribution in [0.2, 0.25) is 0 Å². The van der Waals surface area contributed by atoms with E-state index >= 15 is 0 Å². The van der Waals surface area contributed by atoms with E-state index in [1.54, 1.807) is 0 Å². The quantitative estimate of drug-likeness (QED) is 0.774. The van der Waals surface area contributed by atoms with Crippen LogP contribution in [-0.4, -0.2) is 50.3 Å². The Morgan fingerprint density at radius 2 is 2.00 bits per heavy atom. The molecule has 3 unspecified atom stereocenters. The molecule has 16 heavy (non-hydrogen) atoms. The first-order valence-corrected chi connectivity index (χ1v) is 6.95. The van der Waals surface area contributed by atoms with Gasteiger partial charge in [0.05, 0.1) is 13.2 Å². The third kappa shape index (κ3) is 2.41. The summed E-state index contributed by atoms with van der Waals surface area (Å²) in [5.41, 5.74) is 0. The van der Waals surface area contributed by atoms with Gasteiger partial charge >= 0.3 is 0 Å². The van der Waals surface area contributed by atoms with E-state index in [0.717, 1.165) is 44.2 Å². The summed E-state index contributed by atoms with van der Waals surface area (Å²) in [4.78, 5) is 2.52. The zero-order valence-electron chi connectivity index (χ0n) is 10.2. The number of hydrogen-bond donors (Lipinski definition) is 1. The molecule has 2 aliphatic carbocycles. The van der Waals surface area contributed by atoms with Crippen LogP contribution in [0.15, 0.2) is 0 Å². The minimum atomic E-state index is 0.847. The first-order chi connectivity index (χ1) is 7.92. The van der Waals surface area contributed by atoms with E-state index in [0.29, 0.717) is 0 Å². The van der Waals surface area contributed by atoms with E-state index < -0.39 is 0 Å². The van der Waals surface area contributed by atoms with Crippen molar-refractivity contribution in [2.45, 2.75) is 31.7 Å². The topological polar surface area (TPSA) is 24.5 Å². The number of fused-ring (bicyclic) bond motifs is 2. The summed E-state index contributed by atoms with van der Waals surface area (Å²) >= 11 is 0. The van der Waals surface area contributed by atoms with Crippen molar-refractivity contribution >= 4 is 0 Å². The molecule has 0 amide bonds. The Hall–Kier alpha value is -0.120. The van der Waals surface area contributed by atoms with E-state index in [-0.39, 0.29) is 0 Å². The van der Waals surface area contributed by atoms with Gasteiger partial charge in [0.1, 0.15) is 0 Å². The Labute approximate surface area is 98.5 Å². The van der Waals surface area contributed by atoms with Gasteiger partial charge in [0.25, 0.3) is 0 Å². The SMILES string of the molecule is C(CN1CCOCC1)NC1CC2CCC1C2. The Kier molecular flexibility index (Phi) is 3.46. The fourth-order valence-electron chi connectivity index (χ4n) is 3.73. The lowest BCUT2D eigenvalue weighted by molar-refractivity contribution is 0.0379. The molecule has 0 aromatic carbocycles. The molecule has 3 aliphatic rings. The minimum absolute atomic E-state index is 0.847. The highest BCUT2D eigenvalue weighted by atomic mass is 16.5. The second-order valence-electron chi connectivity index (χ2n) is 5.69. The lowest BCUT2D eigenvalue weighted by Gasteiger charge is -2.28. The van der Waals surface area contributed by atoms with Gasteiger partial charge < -0.3 is 10.1 Å². The second kappa shape index (κ2) is 5.03.